The van der Waals surface area contributed by atoms with Crippen LogP contribution in [0.3, 0.4) is 0 Å². The summed E-state index contributed by atoms with van der Waals surface area (Å²) in [5, 5.41) is 9.63. The van der Waals surface area contributed by atoms with Gasteiger partial charge in [-0.25, -0.2) is 4.79 Å². The molecule has 0 aromatic heterocycles. The van der Waals surface area contributed by atoms with Gasteiger partial charge in [-0.15, -0.1) is 0 Å². The Morgan fingerprint density at radius 3 is 3.00 bits per heavy atom. The first-order valence-electron chi connectivity index (χ1n) is 6.26. The number of thioether (sulfide) groups is 1. The third-order valence-corrected chi connectivity index (χ3v) is 4.91. The van der Waals surface area contributed by atoms with Crippen LogP contribution >= 0.6 is 11.8 Å². The predicted octanol–water partition coefficient (Wildman–Crippen LogP) is 2.71. The highest BCUT2D eigenvalue weighted by Gasteiger charge is 2.25. The number of aromatic carboxylic acids is 1. The average molecular weight is 265 g/mol. The quantitative estimate of drug-likeness (QED) is 0.912. The highest BCUT2D eigenvalue weighted by atomic mass is 32.2. The fraction of sp³-hybridized carbons (Fsp3) is 0.500. The van der Waals surface area contributed by atoms with E-state index >= 15 is 0 Å². The minimum Gasteiger partial charge on any atom is -0.478 e. The second-order valence-electron chi connectivity index (χ2n) is 4.79. The number of carboxylic acid groups (broad SMARTS) is 1. The third-order valence-electron chi connectivity index (χ3n) is 3.57. The van der Waals surface area contributed by atoms with Gasteiger partial charge in [-0.05, 0) is 24.6 Å². The van der Waals surface area contributed by atoms with E-state index in [1.54, 1.807) is 12.1 Å². The Kier molecular flexibility index (Phi) is 4.30. The second kappa shape index (κ2) is 5.76. The summed E-state index contributed by atoms with van der Waals surface area (Å²) in [5.41, 5.74) is 1.46. The van der Waals surface area contributed by atoms with E-state index < -0.39 is 5.97 Å². The molecule has 18 heavy (non-hydrogen) atoms. The van der Waals surface area contributed by atoms with Crippen molar-refractivity contribution in [2.24, 2.45) is 0 Å². The normalized spacial score (nSPS) is 25.0. The van der Waals surface area contributed by atoms with E-state index in [0.717, 1.165) is 24.4 Å². The van der Waals surface area contributed by atoms with Gasteiger partial charge in [0, 0.05) is 30.1 Å². The summed E-state index contributed by atoms with van der Waals surface area (Å²) in [6.45, 7) is 6.42. The lowest BCUT2D eigenvalue weighted by Gasteiger charge is -2.37. The molecule has 98 valence electrons. The third kappa shape index (κ3) is 3.06. The van der Waals surface area contributed by atoms with Crippen LogP contribution in [0.1, 0.15) is 29.8 Å². The van der Waals surface area contributed by atoms with Crippen molar-refractivity contribution in [1.82, 2.24) is 4.90 Å². The Labute approximate surface area is 112 Å². The van der Waals surface area contributed by atoms with Crippen molar-refractivity contribution >= 4 is 17.7 Å². The maximum absolute atomic E-state index is 10.9. The van der Waals surface area contributed by atoms with Gasteiger partial charge >= 0.3 is 5.97 Å². The highest BCUT2D eigenvalue weighted by Crippen LogP contribution is 2.25. The summed E-state index contributed by atoms with van der Waals surface area (Å²) in [6.07, 6.45) is 0. The Hall–Kier alpha value is -1.00. The number of hydrogen-bond acceptors (Lipinski definition) is 3. The minimum absolute atomic E-state index is 0.375. The van der Waals surface area contributed by atoms with Gasteiger partial charge in [0.05, 0.1) is 5.56 Å². The van der Waals surface area contributed by atoms with E-state index in [-0.39, 0.29) is 0 Å². The van der Waals surface area contributed by atoms with Gasteiger partial charge in [0.2, 0.25) is 0 Å². The summed E-state index contributed by atoms with van der Waals surface area (Å²) in [5.74, 6) is 0.303. The van der Waals surface area contributed by atoms with Crippen molar-refractivity contribution in [3.05, 3.63) is 35.4 Å². The lowest BCUT2D eigenvalue weighted by molar-refractivity contribution is 0.0696. The molecule has 1 N–H and O–H groups in total. The summed E-state index contributed by atoms with van der Waals surface area (Å²) in [7, 11) is 0. The first kappa shape index (κ1) is 13.4. The molecule has 1 saturated heterocycles. The molecule has 0 spiro atoms. The van der Waals surface area contributed by atoms with Crippen molar-refractivity contribution in [2.45, 2.75) is 31.7 Å². The fourth-order valence-corrected chi connectivity index (χ4v) is 3.42. The van der Waals surface area contributed by atoms with Crippen LogP contribution in [0.5, 0.6) is 0 Å². The van der Waals surface area contributed by atoms with Gasteiger partial charge in [-0.2, -0.15) is 11.8 Å². The Bertz CT molecular complexity index is 436. The van der Waals surface area contributed by atoms with Gasteiger partial charge < -0.3 is 5.11 Å². The fourth-order valence-electron chi connectivity index (χ4n) is 2.26. The molecule has 1 aromatic carbocycles. The summed E-state index contributed by atoms with van der Waals surface area (Å²) >= 11 is 2.01. The lowest BCUT2D eigenvalue weighted by atomic mass is 10.1. The van der Waals surface area contributed by atoms with E-state index in [2.05, 4.69) is 18.7 Å². The number of carboxylic acids is 1. The zero-order valence-corrected chi connectivity index (χ0v) is 11.6. The Balaban J connectivity index is 2.08. The molecule has 4 heteroatoms. The molecule has 1 fully saturated rings. The molecule has 2 unspecified atom stereocenters. The molecule has 0 amide bonds. The molecule has 0 bridgehead atoms. The van der Waals surface area contributed by atoms with Crippen LogP contribution in [-0.2, 0) is 6.54 Å². The van der Waals surface area contributed by atoms with Gasteiger partial charge in [-0.3, -0.25) is 4.90 Å². The van der Waals surface area contributed by atoms with E-state index in [1.807, 2.05) is 23.9 Å². The van der Waals surface area contributed by atoms with Gasteiger partial charge in [-0.1, -0.05) is 19.1 Å². The van der Waals surface area contributed by atoms with E-state index in [1.165, 1.54) is 0 Å². The Morgan fingerprint density at radius 1 is 1.50 bits per heavy atom. The summed E-state index contributed by atoms with van der Waals surface area (Å²) < 4.78 is 0. The topological polar surface area (TPSA) is 40.5 Å². The van der Waals surface area contributed by atoms with E-state index in [0.29, 0.717) is 16.9 Å². The van der Waals surface area contributed by atoms with Crippen LogP contribution in [-0.4, -0.2) is 39.6 Å². The van der Waals surface area contributed by atoms with Crippen LogP contribution in [0.4, 0.5) is 0 Å². The Morgan fingerprint density at radius 2 is 2.28 bits per heavy atom. The summed E-state index contributed by atoms with van der Waals surface area (Å²) in [6, 6.07) is 7.79. The molecule has 2 rings (SSSR count). The molecule has 3 nitrogen and oxygen atoms in total. The van der Waals surface area contributed by atoms with Crippen LogP contribution < -0.4 is 0 Å². The van der Waals surface area contributed by atoms with E-state index in [9.17, 15) is 4.79 Å². The zero-order chi connectivity index (χ0) is 13.1. The van der Waals surface area contributed by atoms with Crippen molar-refractivity contribution in [3.63, 3.8) is 0 Å². The molecule has 0 radical (unpaired) electrons. The van der Waals surface area contributed by atoms with Crippen LogP contribution in [0.15, 0.2) is 24.3 Å². The average Bonchev–Trinajstić information content (AvgIpc) is 2.35. The molecule has 2 atom stereocenters. The largest absolute Gasteiger partial charge is 0.478 e. The highest BCUT2D eigenvalue weighted by molar-refractivity contribution is 8.00. The monoisotopic (exact) mass is 265 g/mol. The number of carbonyl (C=O) groups is 1. The van der Waals surface area contributed by atoms with Crippen molar-refractivity contribution in [3.8, 4) is 0 Å². The standard InChI is InChI=1S/C14H19NO2S/c1-10-11(2)18-7-6-15(10)9-12-4-3-5-13(8-12)14(16)17/h3-5,8,10-11H,6-7,9H2,1-2H3,(H,16,17). The molecular weight excluding hydrogens is 246 g/mol. The zero-order valence-electron chi connectivity index (χ0n) is 10.8. The van der Waals surface area contributed by atoms with Crippen molar-refractivity contribution in [2.75, 3.05) is 12.3 Å². The molecule has 1 aliphatic heterocycles. The maximum atomic E-state index is 10.9. The first-order chi connectivity index (χ1) is 8.58. The first-order valence-corrected chi connectivity index (χ1v) is 7.30. The van der Waals surface area contributed by atoms with Gasteiger partial charge in [0.1, 0.15) is 0 Å². The molecule has 1 heterocycles. The predicted molar refractivity (Wildman–Crippen MR) is 75.2 cm³/mol. The number of hydrogen-bond donors (Lipinski definition) is 1. The second-order valence-corrected chi connectivity index (χ2v) is 6.28. The van der Waals surface area contributed by atoms with Crippen molar-refractivity contribution < 1.29 is 9.90 Å². The smallest absolute Gasteiger partial charge is 0.335 e. The molecule has 1 aromatic rings. The molecule has 0 aliphatic carbocycles. The van der Waals surface area contributed by atoms with Gasteiger partial charge in [0.25, 0.3) is 0 Å². The molecular formula is C14H19NO2S. The number of rotatable bonds is 3. The van der Waals surface area contributed by atoms with Crippen LogP contribution in [0.25, 0.3) is 0 Å². The SMILES string of the molecule is CC1SCCN(Cc2cccc(C(=O)O)c2)C1C. The maximum Gasteiger partial charge on any atom is 0.335 e. The number of nitrogens with zero attached hydrogens (tertiary/aromatic N) is 1. The molecule has 1 aliphatic rings. The molecule has 0 saturated carbocycles. The van der Waals surface area contributed by atoms with Crippen molar-refractivity contribution in [1.29, 1.82) is 0 Å². The lowest BCUT2D eigenvalue weighted by Crippen LogP contribution is -2.43. The summed E-state index contributed by atoms with van der Waals surface area (Å²) in [4.78, 5) is 13.4. The van der Waals surface area contributed by atoms with Crippen LogP contribution in [0.2, 0.25) is 0 Å². The van der Waals surface area contributed by atoms with Crippen LogP contribution in [0, 0.1) is 0 Å². The van der Waals surface area contributed by atoms with E-state index in [4.69, 9.17) is 5.11 Å². The number of benzene rings is 1. The van der Waals surface area contributed by atoms with Gasteiger partial charge in [0.15, 0.2) is 0 Å². The minimum atomic E-state index is -0.854.